The summed E-state index contributed by atoms with van der Waals surface area (Å²) >= 11 is 3.76. The van der Waals surface area contributed by atoms with Crippen LogP contribution in [0, 0.1) is 0 Å². The summed E-state index contributed by atoms with van der Waals surface area (Å²) in [6.07, 6.45) is 8.58. The van der Waals surface area contributed by atoms with Gasteiger partial charge in [0.1, 0.15) is 11.5 Å². The number of ether oxygens (including phenoxy) is 1. The van der Waals surface area contributed by atoms with E-state index in [1.807, 2.05) is 0 Å². The van der Waals surface area contributed by atoms with Gasteiger partial charge >= 0.3 is 0 Å². The van der Waals surface area contributed by atoms with Gasteiger partial charge in [-0.05, 0) is 73.1 Å². The van der Waals surface area contributed by atoms with E-state index in [0.717, 1.165) is 56.6 Å². The van der Waals surface area contributed by atoms with Crippen molar-refractivity contribution < 1.29 is 4.74 Å². The van der Waals surface area contributed by atoms with Crippen molar-refractivity contribution in [2.24, 2.45) is 0 Å². The molecule has 0 aliphatic carbocycles. The van der Waals surface area contributed by atoms with Crippen LogP contribution in [0.4, 0.5) is 0 Å². The van der Waals surface area contributed by atoms with E-state index in [1.54, 1.807) is 0 Å². The molecule has 0 atom stereocenters. The number of hydrogen-bond donors (Lipinski definition) is 1. The fourth-order valence-electron chi connectivity index (χ4n) is 3.38. The maximum absolute atomic E-state index is 6.26. The van der Waals surface area contributed by atoms with Crippen LogP contribution in [0.25, 0.3) is 0 Å². The second kappa shape index (κ2) is 9.27. The molecule has 3 heteroatoms. The molecule has 2 nitrogen and oxygen atoms in total. The molecule has 2 aliphatic rings. The van der Waals surface area contributed by atoms with E-state index in [2.05, 4.69) is 77.6 Å². The summed E-state index contributed by atoms with van der Waals surface area (Å²) < 4.78 is 7.44. The van der Waals surface area contributed by atoms with Crippen molar-refractivity contribution in [1.82, 2.24) is 5.32 Å². The highest BCUT2D eigenvalue weighted by atomic mass is 79.9. The summed E-state index contributed by atoms with van der Waals surface area (Å²) in [7, 11) is 0. The highest BCUT2D eigenvalue weighted by Gasteiger charge is 2.11. The van der Waals surface area contributed by atoms with Crippen LogP contribution >= 0.6 is 15.9 Å². The van der Waals surface area contributed by atoms with Gasteiger partial charge in [-0.25, -0.2) is 0 Å². The van der Waals surface area contributed by atoms with Crippen molar-refractivity contribution >= 4 is 15.9 Å². The summed E-state index contributed by atoms with van der Waals surface area (Å²) in [5.74, 6) is 1.90. The Bertz CT molecular complexity index is 765. The first-order valence-corrected chi connectivity index (χ1v) is 10.5. The van der Waals surface area contributed by atoms with Crippen LogP contribution in [-0.2, 0) is 19.3 Å². The molecular formula is C23H28BrNO. The Balaban J connectivity index is 1.97. The molecule has 0 fully saturated rings. The third kappa shape index (κ3) is 4.91. The minimum Gasteiger partial charge on any atom is -0.457 e. The molecule has 2 aromatic carbocycles. The first-order valence-electron chi connectivity index (χ1n) is 9.70. The SMILES string of the molecule is CC/C=C1/CCc2ccc(cc2)Oc2cc(c(Br)cc2CCC)CCN1. The van der Waals surface area contributed by atoms with E-state index in [-0.39, 0.29) is 0 Å². The average Bonchev–Trinajstić information content (AvgIpc) is 2.64. The lowest BCUT2D eigenvalue weighted by molar-refractivity contribution is 0.474. The molecule has 0 radical (unpaired) electrons. The number of aryl methyl sites for hydroxylation is 2. The average molecular weight is 414 g/mol. The molecule has 138 valence electrons. The van der Waals surface area contributed by atoms with E-state index in [4.69, 9.17) is 4.74 Å². The van der Waals surface area contributed by atoms with Crippen molar-refractivity contribution in [2.75, 3.05) is 6.54 Å². The van der Waals surface area contributed by atoms with Crippen LogP contribution in [0.2, 0.25) is 0 Å². The number of nitrogens with one attached hydrogen (secondary N) is 1. The van der Waals surface area contributed by atoms with E-state index in [9.17, 15) is 0 Å². The Morgan fingerprint density at radius 2 is 1.88 bits per heavy atom. The Kier molecular flexibility index (Phi) is 6.79. The predicted octanol–water partition coefficient (Wildman–Crippen LogP) is 6.57. The molecule has 0 saturated heterocycles. The predicted molar refractivity (Wildman–Crippen MR) is 113 cm³/mol. The second-order valence-electron chi connectivity index (χ2n) is 6.86. The molecule has 0 amide bonds. The Morgan fingerprint density at radius 1 is 1.08 bits per heavy atom. The standard InChI is InChI=1S/C23H28BrNO/c1-3-5-19-15-22(24)18-13-14-25-20(6-4-2)10-7-17-8-11-21(12-9-17)26-23(19)16-18/h6,8-9,11-12,15-16,25H,3-5,7,10,13-14H2,1-2H3/b20-6-. The van der Waals surface area contributed by atoms with Gasteiger partial charge in [-0.3, -0.25) is 0 Å². The molecule has 4 rings (SSSR count). The van der Waals surface area contributed by atoms with Crippen LogP contribution < -0.4 is 10.1 Å². The van der Waals surface area contributed by atoms with E-state index in [0.29, 0.717) is 0 Å². The van der Waals surface area contributed by atoms with Gasteiger partial charge < -0.3 is 10.1 Å². The van der Waals surface area contributed by atoms with Crippen molar-refractivity contribution in [3.63, 3.8) is 0 Å². The number of halogens is 1. The number of hydrogen-bond acceptors (Lipinski definition) is 2. The molecule has 2 aliphatic heterocycles. The van der Waals surface area contributed by atoms with Gasteiger partial charge in [0.2, 0.25) is 0 Å². The summed E-state index contributed by atoms with van der Waals surface area (Å²) in [5.41, 5.74) is 5.25. The van der Waals surface area contributed by atoms with Crippen molar-refractivity contribution in [3.05, 3.63) is 69.3 Å². The summed E-state index contributed by atoms with van der Waals surface area (Å²) in [6.45, 7) is 5.34. The molecule has 0 unspecified atom stereocenters. The first-order chi connectivity index (χ1) is 12.7. The Morgan fingerprint density at radius 3 is 2.62 bits per heavy atom. The van der Waals surface area contributed by atoms with Gasteiger partial charge in [-0.1, -0.05) is 54.4 Å². The molecular weight excluding hydrogens is 386 g/mol. The molecule has 0 aromatic heterocycles. The largest absolute Gasteiger partial charge is 0.457 e. The van der Waals surface area contributed by atoms with E-state index in [1.165, 1.54) is 26.9 Å². The summed E-state index contributed by atoms with van der Waals surface area (Å²) in [5, 5.41) is 3.64. The van der Waals surface area contributed by atoms with Gasteiger partial charge in [0.25, 0.3) is 0 Å². The van der Waals surface area contributed by atoms with Gasteiger partial charge in [-0.2, -0.15) is 0 Å². The minimum absolute atomic E-state index is 0.916. The zero-order valence-corrected chi connectivity index (χ0v) is 17.4. The third-order valence-corrected chi connectivity index (χ3v) is 5.52. The van der Waals surface area contributed by atoms with Crippen molar-refractivity contribution in [1.29, 1.82) is 0 Å². The van der Waals surface area contributed by atoms with Crippen molar-refractivity contribution in [2.45, 2.75) is 52.4 Å². The minimum atomic E-state index is 0.916. The fraction of sp³-hybridized carbons (Fsp3) is 0.391. The lowest BCUT2D eigenvalue weighted by atomic mass is 10.0. The Hall–Kier alpha value is -1.74. The molecule has 4 bridgehead atoms. The van der Waals surface area contributed by atoms with Gasteiger partial charge in [0, 0.05) is 16.7 Å². The third-order valence-electron chi connectivity index (χ3n) is 4.78. The fourth-order valence-corrected chi connectivity index (χ4v) is 3.97. The zero-order chi connectivity index (χ0) is 18.4. The molecule has 0 spiro atoms. The number of allylic oxidation sites excluding steroid dienone is 2. The number of benzene rings is 2. The highest BCUT2D eigenvalue weighted by Crippen LogP contribution is 2.32. The quantitative estimate of drug-likeness (QED) is 0.614. The van der Waals surface area contributed by atoms with Crippen LogP contribution in [0.3, 0.4) is 0 Å². The smallest absolute Gasteiger partial charge is 0.130 e. The first kappa shape index (κ1) is 19.0. The van der Waals surface area contributed by atoms with Crippen LogP contribution in [0.5, 0.6) is 11.5 Å². The topological polar surface area (TPSA) is 21.3 Å². The lowest BCUT2D eigenvalue weighted by Crippen LogP contribution is -2.18. The monoisotopic (exact) mass is 413 g/mol. The molecule has 1 N–H and O–H groups in total. The maximum atomic E-state index is 6.26. The number of fused-ring (bicyclic) bond motifs is 7. The van der Waals surface area contributed by atoms with Gasteiger partial charge in [-0.15, -0.1) is 0 Å². The molecule has 26 heavy (non-hydrogen) atoms. The Labute approximate surface area is 165 Å². The van der Waals surface area contributed by atoms with Crippen LogP contribution in [-0.4, -0.2) is 6.54 Å². The normalized spacial score (nSPS) is 16.0. The van der Waals surface area contributed by atoms with E-state index >= 15 is 0 Å². The van der Waals surface area contributed by atoms with Gasteiger partial charge in [0.15, 0.2) is 0 Å². The van der Waals surface area contributed by atoms with E-state index < -0.39 is 0 Å². The molecule has 2 heterocycles. The second-order valence-corrected chi connectivity index (χ2v) is 7.72. The van der Waals surface area contributed by atoms with Crippen molar-refractivity contribution in [3.8, 4) is 11.5 Å². The molecule has 0 saturated carbocycles. The molecule has 2 aromatic rings. The van der Waals surface area contributed by atoms with Gasteiger partial charge in [0.05, 0.1) is 0 Å². The zero-order valence-electron chi connectivity index (χ0n) is 15.8. The highest BCUT2D eigenvalue weighted by molar-refractivity contribution is 9.10. The number of rotatable bonds is 3. The van der Waals surface area contributed by atoms with Crippen LogP contribution in [0.15, 0.2) is 52.6 Å². The summed E-state index contributed by atoms with van der Waals surface area (Å²) in [4.78, 5) is 0. The lowest BCUT2D eigenvalue weighted by Gasteiger charge is -2.17. The summed E-state index contributed by atoms with van der Waals surface area (Å²) in [6, 6.07) is 13.0. The maximum Gasteiger partial charge on any atom is 0.130 e. The van der Waals surface area contributed by atoms with Crippen LogP contribution in [0.1, 0.15) is 49.8 Å².